The van der Waals surface area contributed by atoms with Gasteiger partial charge in [-0.05, 0) is 44.8 Å². The normalized spacial score (nSPS) is 23.4. The van der Waals surface area contributed by atoms with Crippen molar-refractivity contribution in [3.8, 4) is 12.3 Å². The summed E-state index contributed by atoms with van der Waals surface area (Å²) in [5.74, 6) is 2.66. The van der Waals surface area contributed by atoms with Crippen LogP contribution in [0.15, 0.2) is 27.9 Å². The van der Waals surface area contributed by atoms with E-state index in [9.17, 15) is 34.0 Å². The Morgan fingerprint density at radius 1 is 1.10 bits per heavy atom. The van der Waals surface area contributed by atoms with Crippen molar-refractivity contribution in [2.45, 2.75) is 44.4 Å². The molecule has 2 aliphatic carbocycles. The summed E-state index contributed by atoms with van der Waals surface area (Å²) in [5, 5.41) is 18.5. The topological polar surface area (TPSA) is 183 Å². The molecule has 1 aromatic rings. The molecule has 0 bridgehead atoms. The highest BCUT2D eigenvalue weighted by atomic mass is 32.2. The minimum absolute atomic E-state index is 0.122. The Labute approximate surface area is 250 Å². The number of aliphatic hydroxyl groups excluding tert-OH is 2. The first-order valence-corrected chi connectivity index (χ1v) is 16.7. The van der Waals surface area contributed by atoms with Gasteiger partial charge in [0.25, 0.3) is 5.56 Å². The Bertz CT molecular complexity index is 1380. The monoisotopic (exact) mass is 644 g/mol. The Morgan fingerprint density at radius 3 is 2.12 bits per heavy atom. The molecule has 16 heteroatoms. The summed E-state index contributed by atoms with van der Waals surface area (Å²) in [6.45, 7) is 0.185. The first-order chi connectivity index (χ1) is 19.9. The number of phosphoric ester groups is 1. The van der Waals surface area contributed by atoms with Crippen molar-refractivity contribution in [2.75, 3.05) is 44.5 Å². The molecule has 42 heavy (non-hydrogen) atoms. The summed E-state index contributed by atoms with van der Waals surface area (Å²) in [5.41, 5.74) is -3.97. The van der Waals surface area contributed by atoms with Gasteiger partial charge in [-0.3, -0.25) is 37.5 Å². The second-order valence-electron chi connectivity index (χ2n) is 10.4. The van der Waals surface area contributed by atoms with Crippen LogP contribution in [0.25, 0.3) is 0 Å². The number of H-pyrrole nitrogens is 1. The zero-order valence-corrected chi connectivity index (χ0v) is 25.5. The highest BCUT2D eigenvalue weighted by Crippen LogP contribution is 2.52. The Hall–Kier alpha value is -1.99. The number of hydrogen-bond acceptors (Lipinski definition) is 13. The highest BCUT2D eigenvalue weighted by Gasteiger charge is 2.50. The maximum absolute atomic E-state index is 13.6. The molecule has 230 valence electrons. The molecule has 0 spiro atoms. The molecule has 0 amide bonds. The van der Waals surface area contributed by atoms with E-state index in [0.717, 1.165) is 28.1 Å². The zero-order chi connectivity index (χ0) is 30.6. The largest absolute Gasteiger partial charge is 0.474 e. The Balaban J connectivity index is 1.36. The number of aromatic amines is 1. The Kier molecular flexibility index (Phi) is 10.5. The second kappa shape index (κ2) is 13.3. The summed E-state index contributed by atoms with van der Waals surface area (Å²) in [7, 11) is -4.30. The fourth-order valence-corrected chi connectivity index (χ4v) is 7.28. The summed E-state index contributed by atoms with van der Waals surface area (Å²) >= 11 is 1.90. The van der Waals surface area contributed by atoms with Crippen molar-refractivity contribution >= 4 is 41.6 Å². The summed E-state index contributed by atoms with van der Waals surface area (Å²) in [6, 6.07) is 0. The van der Waals surface area contributed by atoms with Gasteiger partial charge >= 0.3 is 13.5 Å². The molecular weight excluding hydrogens is 611 g/mol. The number of ether oxygens (including phenoxy) is 1. The van der Waals surface area contributed by atoms with E-state index >= 15 is 0 Å². The lowest BCUT2D eigenvalue weighted by Crippen LogP contribution is -2.37. The van der Waals surface area contributed by atoms with Crippen molar-refractivity contribution in [1.82, 2.24) is 9.55 Å². The molecule has 1 aliphatic heterocycles. The second-order valence-corrected chi connectivity index (χ2v) is 14.2. The van der Waals surface area contributed by atoms with Crippen LogP contribution < -0.4 is 11.2 Å². The van der Waals surface area contributed by atoms with E-state index in [1.165, 1.54) is 25.3 Å². The number of phosphoric acid groups is 1. The molecule has 0 aromatic carbocycles. The number of aromatic nitrogens is 2. The number of aryl methyl sites for hydroxylation is 1. The van der Waals surface area contributed by atoms with Gasteiger partial charge in [0.05, 0.1) is 37.3 Å². The maximum Gasteiger partial charge on any atom is 0.474 e. The summed E-state index contributed by atoms with van der Waals surface area (Å²) < 4.78 is 37.1. The lowest BCUT2D eigenvalue weighted by molar-refractivity contribution is -0.117. The quantitative estimate of drug-likeness (QED) is 0.102. The predicted octanol–water partition coefficient (Wildman–Crippen LogP) is 1.52. The van der Waals surface area contributed by atoms with E-state index in [2.05, 4.69) is 10.9 Å². The maximum atomic E-state index is 13.6. The number of carbonyl (C=O) groups is 2. The third-order valence-corrected chi connectivity index (χ3v) is 10.8. The number of rotatable bonds is 16. The van der Waals surface area contributed by atoms with E-state index in [4.69, 9.17) is 24.7 Å². The lowest BCUT2D eigenvalue weighted by atomic mass is 10.1. The van der Waals surface area contributed by atoms with Crippen LogP contribution in [-0.2, 0) is 32.5 Å². The molecule has 0 radical (unpaired) electrons. The van der Waals surface area contributed by atoms with Crippen LogP contribution in [0, 0.1) is 30.1 Å². The summed E-state index contributed by atoms with van der Waals surface area (Å²) in [4.78, 5) is 50.9. The smallest absolute Gasteiger partial charge is 0.395 e. The van der Waals surface area contributed by atoms with Gasteiger partial charge in [-0.15, -0.1) is 6.42 Å². The molecule has 1 aromatic heterocycles. The number of aliphatic hydroxyl groups is 2. The lowest BCUT2D eigenvalue weighted by Gasteiger charge is -2.26. The minimum atomic E-state index is -4.30. The highest BCUT2D eigenvalue weighted by molar-refractivity contribution is 8.14. The first kappa shape index (κ1) is 32.9. The van der Waals surface area contributed by atoms with Gasteiger partial charge in [-0.2, -0.15) is 0 Å². The molecule has 2 heterocycles. The van der Waals surface area contributed by atoms with Gasteiger partial charge in [0.2, 0.25) is 0 Å². The molecule has 4 rings (SSSR count). The van der Waals surface area contributed by atoms with Gasteiger partial charge in [-0.1, -0.05) is 29.4 Å². The van der Waals surface area contributed by atoms with Gasteiger partial charge in [0.1, 0.15) is 6.61 Å². The first-order valence-electron chi connectivity index (χ1n) is 13.2. The molecule has 2 fully saturated rings. The zero-order valence-electron chi connectivity index (χ0n) is 22.9. The van der Waals surface area contributed by atoms with Crippen LogP contribution in [0.4, 0.5) is 0 Å². The average Bonchev–Trinajstić information content (AvgIpc) is 3.91. The summed E-state index contributed by atoms with van der Waals surface area (Å²) in [6.07, 6.45) is 11.4. The third kappa shape index (κ3) is 7.56. The van der Waals surface area contributed by atoms with Gasteiger partial charge in [0.15, 0.2) is 22.1 Å². The number of hydrogen-bond donors (Lipinski definition) is 3. The van der Waals surface area contributed by atoms with Crippen molar-refractivity contribution in [2.24, 2.45) is 10.8 Å². The van der Waals surface area contributed by atoms with Crippen molar-refractivity contribution in [1.29, 1.82) is 0 Å². The van der Waals surface area contributed by atoms with Crippen molar-refractivity contribution < 1.29 is 42.7 Å². The molecule has 0 saturated heterocycles. The number of nitrogens with one attached hydrogen (secondary N) is 1. The average molecular weight is 645 g/mol. The van der Waals surface area contributed by atoms with Crippen molar-refractivity contribution in [3.63, 3.8) is 0 Å². The van der Waals surface area contributed by atoms with Crippen LogP contribution in [0.1, 0.15) is 37.5 Å². The third-order valence-electron chi connectivity index (χ3n) is 7.27. The van der Waals surface area contributed by atoms with Gasteiger partial charge in [0, 0.05) is 23.3 Å². The molecule has 2 atom stereocenters. The number of carbonyl (C=O) groups excluding carboxylic acids is 2. The number of terminal acetylenes is 1. The van der Waals surface area contributed by atoms with Crippen LogP contribution >= 0.6 is 31.3 Å². The standard InChI is InChI=1S/C26H33N2O11PS2/c1-3-26(5-4-19(39-26)28-14-18(2)20(31)27-23(28)34)17-38-40(35,36-10-12-41-21(32)24(15-29)6-7-24)37-11-13-42-22(33)25(16-30)8-9-25/h1,4-5,14,19,29-30H,6-13,15-17H2,2H3,(H,27,31,34)/t19-,26+/m1/s1. The van der Waals surface area contributed by atoms with E-state index in [0.29, 0.717) is 25.7 Å². The molecular formula is C26H33N2O11PS2. The van der Waals surface area contributed by atoms with Gasteiger partial charge in [-0.25, -0.2) is 9.36 Å². The SMILES string of the molecule is C#C[C@@]1(COP(=O)(OCCSC(=O)C2(CO)CC2)OCCSC(=O)C2(CO)CC2)C=C[C@H](n2cc(C)c(=O)[nH]c2=O)O1. The van der Waals surface area contributed by atoms with Crippen LogP contribution in [-0.4, -0.2) is 80.1 Å². The fourth-order valence-electron chi connectivity index (χ4n) is 3.98. The van der Waals surface area contributed by atoms with E-state index in [1.807, 2.05) is 0 Å². The van der Waals surface area contributed by atoms with Crippen LogP contribution in [0.5, 0.6) is 0 Å². The molecule has 3 N–H and O–H groups in total. The van der Waals surface area contributed by atoms with Crippen LogP contribution in [0.3, 0.4) is 0 Å². The van der Waals surface area contributed by atoms with Crippen LogP contribution in [0.2, 0.25) is 0 Å². The number of nitrogens with zero attached hydrogens (tertiary/aromatic N) is 1. The molecule has 13 nitrogen and oxygen atoms in total. The van der Waals surface area contributed by atoms with Crippen molar-refractivity contribution in [3.05, 3.63) is 44.8 Å². The fraction of sp³-hybridized carbons (Fsp3) is 0.615. The van der Waals surface area contributed by atoms with Gasteiger partial charge < -0.3 is 14.9 Å². The molecule has 3 aliphatic rings. The molecule has 0 unspecified atom stereocenters. The van der Waals surface area contributed by atoms with E-state index in [1.54, 1.807) is 0 Å². The minimum Gasteiger partial charge on any atom is -0.395 e. The van der Waals surface area contributed by atoms with E-state index in [-0.39, 0.29) is 53.7 Å². The van der Waals surface area contributed by atoms with E-state index < -0.39 is 48.3 Å². The predicted molar refractivity (Wildman–Crippen MR) is 155 cm³/mol. The number of thioether (sulfide) groups is 2. The Morgan fingerprint density at radius 2 is 1.64 bits per heavy atom. The molecule has 2 saturated carbocycles.